The summed E-state index contributed by atoms with van der Waals surface area (Å²) in [6, 6.07) is 3.98. The Hall–Kier alpha value is -0.940. The summed E-state index contributed by atoms with van der Waals surface area (Å²) in [6.45, 7) is 6.89. The van der Waals surface area contributed by atoms with Gasteiger partial charge in [0, 0.05) is 4.88 Å². The van der Waals surface area contributed by atoms with E-state index in [4.69, 9.17) is 0 Å². The highest BCUT2D eigenvalue weighted by atomic mass is 79.9. The number of aromatic nitrogens is 2. The Morgan fingerprint density at radius 1 is 1.18 bits per heavy atom. The highest BCUT2D eigenvalue weighted by molar-refractivity contribution is 9.10. The summed E-state index contributed by atoms with van der Waals surface area (Å²) in [4.78, 5) is 10.1. The largest absolute Gasteiger partial charge is 0.379 e. The van der Waals surface area contributed by atoms with Gasteiger partial charge in [0.25, 0.3) is 0 Å². The molecule has 0 aliphatic heterocycles. The van der Waals surface area contributed by atoms with Crippen molar-refractivity contribution in [2.45, 2.75) is 27.3 Å². The fourth-order valence-electron chi connectivity index (χ4n) is 1.63. The van der Waals surface area contributed by atoms with Crippen LogP contribution >= 0.6 is 27.3 Å². The molecule has 17 heavy (non-hydrogen) atoms. The van der Waals surface area contributed by atoms with Crippen LogP contribution in [0.25, 0.3) is 0 Å². The minimum atomic E-state index is 0.807. The van der Waals surface area contributed by atoms with Gasteiger partial charge in [-0.05, 0) is 48.8 Å². The summed E-state index contributed by atoms with van der Waals surface area (Å²) in [6.07, 6.45) is 0. The minimum absolute atomic E-state index is 0.807. The number of halogens is 1. The highest BCUT2D eigenvalue weighted by Crippen LogP contribution is 2.21. The fraction of sp³-hybridized carbons (Fsp3) is 0.333. The fourth-order valence-corrected chi connectivity index (χ4v) is 2.91. The van der Waals surface area contributed by atoms with E-state index < -0.39 is 0 Å². The van der Waals surface area contributed by atoms with E-state index in [2.05, 4.69) is 31.2 Å². The predicted molar refractivity (Wildman–Crippen MR) is 75.6 cm³/mol. The maximum absolute atomic E-state index is 4.42. The first-order valence-electron chi connectivity index (χ1n) is 5.36. The van der Waals surface area contributed by atoms with Crippen molar-refractivity contribution in [1.82, 2.24) is 9.97 Å². The van der Waals surface area contributed by atoms with E-state index in [-0.39, 0.29) is 0 Å². The van der Waals surface area contributed by atoms with E-state index in [0.29, 0.717) is 0 Å². The lowest BCUT2D eigenvalue weighted by Gasteiger charge is -2.08. The van der Waals surface area contributed by atoms with Crippen molar-refractivity contribution in [3.05, 3.63) is 38.0 Å². The topological polar surface area (TPSA) is 37.8 Å². The molecule has 3 nitrogen and oxygen atoms in total. The summed E-state index contributed by atoms with van der Waals surface area (Å²) in [5.41, 5.74) is 3.18. The number of nitrogens with zero attached hydrogens (tertiary/aromatic N) is 2. The Morgan fingerprint density at radius 2 is 1.94 bits per heavy atom. The van der Waals surface area contributed by atoms with Gasteiger partial charge in [-0.2, -0.15) is 0 Å². The van der Waals surface area contributed by atoms with Crippen molar-refractivity contribution in [3.63, 3.8) is 0 Å². The summed E-state index contributed by atoms with van der Waals surface area (Å²) < 4.78 is 0.866. The molecule has 0 bridgehead atoms. The third kappa shape index (κ3) is 3.04. The zero-order chi connectivity index (χ0) is 12.4. The molecule has 0 aliphatic rings. The van der Waals surface area contributed by atoms with Crippen molar-refractivity contribution in [1.29, 1.82) is 0 Å². The van der Waals surface area contributed by atoms with E-state index in [1.807, 2.05) is 32.9 Å². The SMILES string of the molecule is Cc1nc(C)c(CNc2ccc(Br)nc2C)s1. The quantitative estimate of drug-likeness (QED) is 0.875. The maximum atomic E-state index is 4.42. The summed E-state index contributed by atoms with van der Waals surface area (Å²) in [7, 11) is 0. The molecule has 0 aromatic carbocycles. The number of anilines is 1. The molecular formula is C12H14BrN3S. The summed E-state index contributed by atoms with van der Waals surface area (Å²) >= 11 is 5.10. The normalized spacial score (nSPS) is 10.6. The average Bonchev–Trinajstić information content (AvgIpc) is 2.56. The molecular weight excluding hydrogens is 298 g/mol. The molecule has 5 heteroatoms. The van der Waals surface area contributed by atoms with Crippen LogP contribution < -0.4 is 5.32 Å². The van der Waals surface area contributed by atoms with Crippen LogP contribution in [0, 0.1) is 20.8 Å². The zero-order valence-corrected chi connectivity index (χ0v) is 12.4. The van der Waals surface area contributed by atoms with E-state index in [0.717, 1.165) is 33.2 Å². The number of thiazole rings is 1. The van der Waals surface area contributed by atoms with E-state index in [1.54, 1.807) is 11.3 Å². The van der Waals surface area contributed by atoms with Gasteiger partial charge in [-0.15, -0.1) is 11.3 Å². The highest BCUT2D eigenvalue weighted by Gasteiger charge is 2.05. The smallest absolute Gasteiger partial charge is 0.106 e. The first kappa shape index (κ1) is 12.5. The standard InChI is InChI=1S/C12H14BrN3S/c1-7-10(4-5-12(13)16-7)14-6-11-8(2)15-9(3)17-11/h4-5,14H,6H2,1-3H3. The van der Waals surface area contributed by atoms with Gasteiger partial charge in [0.2, 0.25) is 0 Å². The van der Waals surface area contributed by atoms with Crippen LogP contribution in [0.2, 0.25) is 0 Å². The Kier molecular flexibility index (Phi) is 3.79. The number of rotatable bonds is 3. The van der Waals surface area contributed by atoms with Crippen molar-refractivity contribution >= 4 is 33.0 Å². The van der Waals surface area contributed by atoms with E-state index >= 15 is 0 Å². The predicted octanol–water partition coefficient (Wildman–Crippen LogP) is 3.84. The summed E-state index contributed by atoms with van der Waals surface area (Å²) in [5.74, 6) is 0. The molecule has 0 amide bonds. The van der Waals surface area contributed by atoms with Gasteiger partial charge >= 0.3 is 0 Å². The van der Waals surface area contributed by atoms with Crippen molar-refractivity contribution in [2.24, 2.45) is 0 Å². The Balaban J connectivity index is 2.10. The van der Waals surface area contributed by atoms with Crippen LogP contribution in [0.4, 0.5) is 5.69 Å². The summed E-state index contributed by atoms with van der Waals surface area (Å²) in [5, 5.41) is 4.51. The van der Waals surface area contributed by atoms with Crippen molar-refractivity contribution < 1.29 is 0 Å². The van der Waals surface area contributed by atoms with Crippen LogP contribution in [-0.2, 0) is 6.54 Å². The molecule has 90 valence electrons. The van der Waals surface area contributed by atoms with Gasteiger partial charge in [-0.1, -0.05) is 0 Å². The first-order chi connectivity index (χ1) is 8.06. The number of pyridine rings is 1. The van der Waals surface area contributed by atoms with Gasteiger partial charge in [-0.3, -0.25) is 0 Å². The maximum Gasteiger partial charge on any atom is 0.106 e. The molecule has 0 saturated carbocycles. The second-order valence-electron chi connectivity index (χ2n) is 3.86. The van der Waals surface area contributed by atoms with Crippen LogP contribution in [0.15, 0.2) is 16.7 Å². The first-order valence-corrected chi connectivity index (χ1v) is 6.97. The molecule has 0 unspecified atom stereocenters. The van der Waals surface area contributed by atoms with E-state index in [9.17, 15) is 0 Å². The second kappa shape index (κ2) is 5.14. The van der Waals surface area contributed by atoms with Crippen LogP contribution in [0.3, 0.4) is 0 Å². The lowest BCUT2D eigenvalue weighted by Crippen LogP contribution is -2.01. The molecule has 2 rings (SSSR count). The molecule has 0 spiro atoms. The van der Waals surface area contributed by atoms with Gasteiger partial charge in [-0.25, -0.2) is 9.97 Å². The van der Waals surface area contributed by atoms with Crippen molar-refractivity contribution in [2.75, 3.05) is 5.32 Å². The van der Waals surface area contributed by atoms with Gasteiger partial charge < -0.3 is 5.32 Å². The monoisotopic (exact) mass is 311 g/mol. The van der Waals surface area contributed by atoms with Crippen LogP contribution in [0.5, 0.6) is 0 Å². The molecule has 2 heterocycles. The average molecular weight is 312 g/mol. The third-order valence-electron chi connectivity index (χ3n) is 2.49. The van der Waals surface area contributed by atoms with Crippen molar-refractivity contribution in [3.8, 4) is 0 Å². The number of nitrogens with one attached hydrogen (secondary N) is 1. The molecule has 2 aromatic heterocycles. The van der Waals surface area contributed by atoms with E-state index in [1.165, 1.54) is 4.88 Å². The lowest BCUT2D eigenvalue weighted by molar-refractivity contribution is 1.08. The van der Waals surface area contributed by atoms with Crippen LogP contribution in [-0.4, -0.2) is 9.97 Å². The molecule has 1 N–H and O–H groups in total. The van der Waals surface area contributed by atoms with Gasteiger partial charge in [0.15, 0.2) is 0 Å². The number of aryl methyl sites for hydroxylation is 3. The molecule has 0 radical (unpaired) electrons. The lowest BCUT2D eigenvalue weighted by atomic mass is 10.3. The second-order valence-corrected chi connectivity index (χ2v) is 5.96. The Bertz CT molecular complexity index is 537. The number of hydrogen-bond acceptors (Lipinski definition) is 4. The van der Waals surface area contributed by atoms with Gasteiger partial charge in [0.1, 0.15) is 4.60 Å². The molecule has 0 fully saturated rings. The van der Waals surface area contributed by atoms with Crippen LogP contribution in [0.1, 0.15) is 21.3 Å². The Morgan fingerprint density at radius 3 is 2.53 bits per heavy atom. The zero-order valence-electron chi connectivity index (χ0n) is 10.0. The molecule has 0 aliphatic carbocycles. The third-order valence-corrected chi connectivity index (χ3v) is 4.01. The number of hydrogen-bond donors (Lipinski definition) is 1. The minimum Gasteiger partial charge on any atom is -0.379 e. The Labute approximate surface area is 113 Å². The molecule has 0 saturated heterocycles. The van der Waals surface area contributed by atoms with Gasteiger partial charge in [0.05, 0.1) is 28.6 Å². The molecule has 0 atom stereocenters. The molecule has 2 aromatic rings.